The van der Waals surface area contributed by atoms with Gasteiger partial charge in [0.2, 0.25) is 0 Å². The fourth-order valence-electron chi connectivity index (χ4n) is 1.78. The highest BCUT2D eigenvalue weighted by molar-refractivity contribution is 6.31. The maximum absolute atomic E-state index is 6.17. The van der Waals surface area contributed by atoms with Gasteiger partial charge in [-0.15, -0.1) is 0 Å². The van der Waals surface area contributed by atoms with E-state index in [0.29, 0.717) is 17.4 Å². The van der Waals surface area contributed by atoms with Gasteiger partial charge < -0.3 is 5.32 Å². The standard InChI is InChI=1S/C14H20ClN5/c1-9-13(15)10(2)20(19-9)12-8-16-6-11(18-12)7-17-14(3,4)5/h6,8,17H,7H2,1-5H3. The molecule has 2 rings (SSSR count). The van der Waals surface area contributed by atoms with Crippen molar-refractivity contribution in [1.29, 1.82) is 0 Å². The van der Waals surface area contributed by atoms with Crippen LogP contribution in [0.1, 0.15) is 37.9 Å². The molecule has 0 aromatic carbocycles. The monoisotopic (exact) mass is 293 g/mol. The van der Waals surface area contributed by atoms with Crippen LogP contribution in [0.25, 0.3) is 5.82 Å². The average Bonchev–Trinajstić information content (AvgIpc) is 2.64. The van der Waals surface area contributed by atoms with Crippen LogP contribution >= 0.6 is 11.6 Å². The quantitative estimate of drug-likeness (QED) is 0.945. The van der Waals surface area contributed by atoms with Gasteiger partial charge in [-0.3, -0.25) is 4.98 Å². The first-order valence-electron chi connectivity index (χ1n) is 6.56. The molecule has 1 N–H and O–H groups in total. The van der Waals surface area contributed by atoms with Gasteiger partial charge in [-0.1, -0.05) is 11.6 Å². The summed E-state index contributed by atoms with van der Waals surface area (Å²) in [7, 11) is 0. The number of aryl methyl sites for hydroxylation is 1. The lowest BCUT2D eigenvalue weighted by atomic mass is 10.1. The lowest BCUT2D eigenvalue weighted by Crippen LogP contribution is -2.35. The molecule has 0 fully saturated rings. The largest absolute Gasteiger partial charge is 0.306 e. The SMILES string of the molecule is Cc1nn(-c2cncc(CNC(C)(C)C)n2)c(C)c1Cl. The summed E-state index contributed by atoms with van der Waals surface area (Å²) in [5, 5.41) is 8.45. The summed E-state index contributed by atoms with van der Waals surface area (Å²) in [6.45, 7) is 10.8. The van der Waals surface area contributed by atoms with E-state index in [9.17, 15) is 0 Å². The molecule has 0 radical (unpaired) electrons. The maximum atomic E-state index is 6.17. The van der Waals surface area contributed by atoms with E-state index in [1.807, 2.05) is 13.8 Å². The summed E-state index contributed by atoms with van der Waals surface area (Å²) in [5.74, 6) is 0.686. The second kappa shape index (κ2) is 5.50. The third kappa shape index (κ3) is 3.35. The van der Waals surface area contributed by atoms with Crippen LogP contribution in [0.4, 0.5) is 0 Å². The Morgan fingerprint density at radius 3 is 2.50 bits per heavy atom. The van der Waals surface area contributed by atoms with E-state index in [2.05, 4.69) is 41.2 Å². The van der Waals surface area contributed by atoms with Gasteiger partial charge in [0.1, 0.15) is 0 Å². The highest BCUT2D eigenvalue weighted by Gasteiger charge is 2.13. The van der Waals surface area contributed by atoms with Gasteiger partial charge in [0.25, 0.3) is 0 Å². The molecule has 6 heteroatoms. The molecule has 108 valence electrons. The summed E-state index contributed by atoms with van der Waals surface area (Å²) in [6, 6.07) is 0. The van der Waals surface area contributed by atoms with Crippen LogP contribution in [-0.4, -0.2) is 25.3 Å². The van der Waals surface area contributed by atoms with Crippen molar-refractivity contribution < 1.29 is 0 Å². The lowest BCUT2D eigenvalue weighted by Gasteiger charge is -2.20. The van der Waals surface area contributed by atoms with E-state index in [1.165, 1.54) is 0 Å². The molecule has 0 aliphatic heterocycles. The van der Waals surface area contributed by atoms with Crippen molar-refractivity contribution in [2.24, 2.45) is 0 Å². The predicted octanol–water partition coefficient (Wildman–Crippen LogP) is 2.82. The van der Waals surface area contributed by atoms with Gasteiger partial charge in [-0.2, -0.15) is 5.10 Å². The molecule has 0 unspecified atom stereocenters. The molecule has 0 aliphatic rings. The van der Waals surface area contributed by atoms with Gasteiger partial charge in [-0.25, -0.2) is 9.67 Å². The molecule has 0 aliphatic carbocycles. The first-order chi connectivity index (χ1) is 9.28. The summed E-state index contributed by atoms with van der Waals surface area (Å²) >= 11 is 6.17. The Balaban J connectivity index is 2.28. The molecule has 20 heavy (non-hydrogen) atoms. The minimum absolute atomic E-state index is 0.0409. The van der Waals surface area contributed by atoms with Crippen LogP contribution in [0, 0.1) is 13.8 Å². The number of rotatable bonds is 3. The van der Waals surface area contributed by atoms with E-state index in [4.69, 9.17) is 11.6 Å². The van der Waals surface area contributed by atoms with Crippen LogP contribution in [0.3, 0.4) is 0 Å². The van der Waals surface area contributed by atoms with E-state index in [0.717, 1.165) is 17.1 Å². The number of halogens is 1. The Kier molecular flexibility index (Phi) is 4.11. The second-order valence-corrected chi connectivity index (χ2v) is 6.25. The molecule has 0 bridgehead atoms. The van der Waals surface area contributed by atoms with Gasteiger partial charge in [0, 0.05) is 18.3 Å². The van der Waals surface area contributed by atoms with Gasteiger partial charge >= 0.3 is 0 Å². The molecule has 0 saturated heterocycles. The van der Waals surface area contributed by atoms with Crippen LogP contribution < -0.4 is 5.32 Å². The number of hydrogen-bond acceptors (Lipinski definition) is 4. The number of nitrogens with one attached hydrogen (secondary N) is 1. The van der Waals surface area contributed by atoms with Crippen molar-refractivity contribution in [2.45, 2.75) is 46.7 Å². The fraction of sp³-hybridized carbons (Fsp3) is 0.500. The Bertz CT molecular complexity index is 613. The highest BCUT2D eigenvalue weighted by Crippen LogP contribution is 2.21. The van der Waals surface area contributed by atoms with Crippen molar-refractivity contribution in [3.63, 3.8) is 0 Å². The Morgan fingerprint density at radius 2 is 1.95 bits per heavy atom. The molecule has 5 nitrogen and oxygen atoms in total. The normalized spacial score (nSPS) is 11.9. The average molecular weight is 294 g/mol. The molecule has 0 atom stereocenters. The third-order valence-corrected chi connectivity index (χ3v) is 3.44. The molecule has 2 heterocycles. The van der Waals surface area contributed by atoms with Crippen molar-refractivity contribution in [3.05, 3.63) is 34.5 Å². The van der Waals surface area contributed by atoms with E-state index in [1.54, 1.807) is 17.1 Å². The number of aromatic nitrogens is 4. The summed E-state index contributed by atoms with van der Waals surface area (Å²) in [6.07, 6.45) is 3.45. The molecular weight excluding hydrogens is 274 g/mol. The molecule has 0 saturated carbocycles. The first-order valence-corrected chi connectivity index (χ1v) is 6.94. The number of hydrogen-bond donors (Lipinski definition) is 1. The van der Waals surface area contributed by atoms with Crippen molar-refractivity contribution >= 4 is 11.6 Å². The van der Waals surface area contributed by atoms with Crippen LogP contribution in [-0.2, 0) is 6.54 Å². The first kappa shape index (κ1) is 14.9. The van der Waals surface area contributed by atoms with Crippen LogP contribution in [0.2, 0.25) is 5.02 Å². The van der Waals surface area contributed by atoms with Crippen molar-refractivity contribution in [3.8, 4) is 5.82 Å². The third-order valence-electron chi connectivity index (χ3n) is 2.89. The molecule has 2 aromatic heterocycles. The van der Waals surface area contributed by atoms with E-state index < -0.39 is 0 Å². The Labute approximate surface area is 124 Å². The van der Waals surface area contributed by atoms with E-state index in [-0.39, 0.29) is 5.54 Å². The summed E-state index contributed by atoms with van der Waals surface area (Å²) < 4.78 is 1.73. The highest BCUT2D eigenvalue weighted by atomic mass is 35.5. The van der Waals surface area contributed by atoms with Crippen LogP contribution in [0.5, 0.6) is 0 Å². The fourth-order valence-corrected chi connectivity index (χ4v) is 1.90. The molecule has 0 spiro atoms. The van der Waals surface area contributed by atoms with Gasteiger partial charge in [0.05, 0.1) is 28.3 Å². The zero-order valence-electron chi connectivity index (χ0n) is 12.5. The minimum atomic E-state index is 0.0409. The minimum Gasteiger partial charge on any atom is -0.306 e. The number of nitrogens with zero attached hydrogens (tertiary/aromatic N) is 4. The molecule has 2 aromatic rings. The summed E-state index contributed by atoms with van der Waals surface area (Å²) in [5.41, 5.74) is 2.59. The van der Waals surface area contributed by atoms with Crippen LogP contribution in [0.15, 0.2) is 12.4 Å². The van der Waals surface area contributed by atoms with Crippen molar-refractivity contribution in [1.82, 2.24) is 25.1 Å². The zero-order valence-corrected chi connectivity index (χ0v) is 13.3. The Hall–Kier alpha value is -1.46. The Morgan fingerprint density at radius 1 is 1.25 bits per heavy atom. The van der Waals surface area contributed by atoms with Gasteiger partial charge in [-0.05, 0) is 34.6 Å². The lowest BCUT2D eigenvalue weighted by molar-refractivity contribution is 0.420. The smallest absolute Gasteiger partial charge is 0.172 e. The van der Waals surface area contributed by atoms with Gasteiger partial charge in [0.15, 0.2) is 5.82 Å². The molecule has 0 amide bonds. The predicted molar refractivity (Wildman–Crippen MR) is 80.2 cm³/mol. The second-order valence-electron chi connectivity index (χ2n) is 5.87. The summed E-state index contributed by atoms with van der Waals surface area (Å²) in [4.78, 5) is 8.81. The van der Waals surface area contributed by atoms with Crippen molar-refractivity contribution in [2.75, 3.05) is 0 Å². The molecular formula is C14H20ClN5. The topological polar surface area (TPSA) is 55.6 Å². The maximum Gasteiger partial charge on any atom is 0.172 e. The van der Waals surface area contributed by atoms with E-state index >= 15 is 0 Å². The zero-order chi connectivity index (χ0) is 14.9.